The topological polar surface area (TPSA) is 81.7 Å². The van der Waals surface area contributed by atoms with Crippen LogP contribution in [0.25, 0.3) is 0 Å². The smallest absolute Gasteiger partial charge is 0.348 e. The highest BCUT2D eigenvalue weighted by Crippen LogP contribution is 2.18. The fourth-order valence-corrected chi connectivity index (χ4v) is 3.37. The molecular formula is C23H29NO5S. The Bertz CT molecular complexity index is 873. The Hall–Kier alpha value is -2.93. The molecule has 0 spiro atoms. The van der Waals surface area contributed by atoms with Crippen molar-refractivity contribution in [2.45, 2.75) is 39.0 Å². The molecule has 0 aromatic heterocycles. The number of anilines is 1. The Morgan fingerprint density at radius 1 is 1.00 bits per heavy atom. The van der Waals surface area contributed by atoms with E-state index in [1.165, 1.54) is 13.3 Å². The average molecular weight is 432 g/mol. The molecule has 7 heteroatoms. The average Bonchev–Trinajstić information content (AvgIpc) is 2.80. The van der Waals surface area contributed by atoms with Crippen LogP contribution < -0.4 is 5.32 Å². The highest BCUT2D eigenvalue weighted by molar-refractivity contribution is 7.90. The third-order valence-electron chi connectivity index (χ3n) is 3.90. The van der Waals surface area contributed by atoms with Gasteiger partial charge in [-0.2, -0.15) is 0 Å². The maximum absolute atomic E-state index is 12.8. The SMILES string of the molecule is CC.CCOC(=O)c1ccc(N/C=C(\C(=O)OC)S(=O)c2ccc(CC)cc2)cc1. The summed E-state index contributed by atoms with van der Waals surface area (Å²) in [6.07, 6.45) is 2.23. The summed E-state index contributed by atoms with van der Waals surface area (Å²) in [5.74, 6) is -1.09. The lowest BCUT2D eigenvalue weighted by atomic mass is 10.2. The minimum atomic E-state index is -1.70. The fraction of sp³-hybridized carbons (Fsp3) is 0.304. The molecular weight excluding hydrogens is 402 g/mol. The predicted molar refractivity (Wildman–Crippen MR) is 120 cm³/mol. The van der Waals surface area contributed by atoms with E-state index in [1.807, 2.05) is 32.9 Å². The van der Waals surface area contributed by atoms with Crippen molar-refractivity contribution in [2.75, 3.05) is 19.0 Å². The molecule has 30 heavy (non-hydrogen) atoms. The fourth-order valence-electron chi connectivity index (χ4n) is 2.33. The van der Waals surface area contributed by atoms with Crippen molar-refractivity contribution in [2.24, 2.45) is 0 Å². The summed E-state index contributed by atoms with van der Waals surface area (Å²) in [5, 5.41) is 2.92. The Morgan fingerprint density at radius 3 is 2.10 bits per heavy atom. The van der Waals surface area contributed by atoms with Crippen molar-refractivity contribution >= 4 is 28.4 Å². The maximum atomic E-state index is 12.8. The van der Waals surface area contributed by atoms with E-state index in [9.17, 15) is 13.8 Å². The summed E-state index contributed by atoms with van der Waals surface area (Å²) in [4.78, 5) is 24.3. The van der Waals surface area contributed by atoms with Gasteiger partial charge in [0.1, 0.15) is 4.91 Å². The first-order chi connectivity index (χ1) is 14.5. The molecule has 0 aliphatic carbocycles. The van der Waals surface area contributed by atoms with Gasteiger partial charge in [0.15, 0.2) is 0 Å². The van der Waals surface area contributed by atoms with Gasteiger partial charge in [-0.05, 0) is 55.3 Å². The summed E-state index contributed by atoms with van der Waals surface area (Å²) >= 11 is 0. The molecule has 0 radical (unpaired) electrons. The van der Waals surface area contributed by atoms with E-state index >= 15 is 0 Å². The minimum Gasteiger partial charge on any atom is -0.465 e. The van der Waals surface area contributed by atoms with Crippen LogP contribution in [0.5, 0.6) is 0 Å². The number of methoxy groups -OCH3 is 1. The first-order valence-electron chi connectivity index (χ1n) is 9.83. The van der Waals surface area contributed by atoms with Gasteiger partial charge in [0.25, 0.3) is 0 Å². The Morgan fingerprint density at radius 2 is 1.60 bits per heavy atom. The number of benzene rings is 2. The monoisotopic (exact) mass is 431 g/mol. The van der Waals surface area contributed by atoms with E-state index < -0.39 is 22.7 Å². The zero-order chi connectivity index (χ0) is 22.5. The molecule has 2 rings (SSSR count). The molecule has 162 valence electrons. The lowest BCUT2D eigenvalue weighted by Crippen LogP contribution is -2.12. The second-order valence-electron chi connectivity index (χ2n) is 5.71. The Labute approximate surface area is 180 Å². The molecule has 0 saturated carbocycles. The first-order valence-corrected chi connectivity index (χ1v) is 11.0. The second kappa shape index (κ2) is 13.3. The molecule has 2 aromatic rings. The van der Waals surface area contributed by atoms with Crippen LogP contribution in [0, 0.1) is 0 Å². The van der Waals surface area contributed by atoms with Crippen molar-refractivity contribution in [1.29, 1.82) is 0 Å². The normalized spacial score (nSPS) is 11.6. The molecule has 0 aliphatic heterocycles. The van der Waals surface area contributed by atoms with Gasteiger partial charge in [-0.25, -0.2) is 13.8 Å². The molecule has 2 aromatic carbocycles. The zero-order valence-electron chi connectivity index (χ0n) is 18.1. The summed E-state index contributed by atoms with van der Waals surface area (Å²) in [6, 6.07) is 13.8. The van der Waals surface area contributed by atoms with E-state index in [0.29, 0.717) is 22.8 Å². The van der Waals surface area contributed by atoms with Gasteiger partial charge in [0.05, 0.1) is 30.1 Å². The number of ether oxygens (including phenoxy) is 2. The number of hydrogen-bond donors (Lipinski definition) is 1. The summed E-state index contributed by atoms with van der Waals surface area (Å²) in [5.41, 5.74) is 2.15. The van der Waals surface area contributed by atoms with E-state index in [0.717, 1.165) is 12.0 Å². The van der Waals surface area contributed by atoms with Gasteiger partial charge in [-0.1, -0.05) is 32.9 Å². The molecule has 0 aliphatic rings. The molecule has 1 N–H and O–H groups in total. The summed E-state index contributed by atoms with van der Waals surface area (Å²) in [7, 11) is -0.462. The number of carbonyl (C=O) groups is 2. The minimum absolute atomic E-state index is 0.0128. The number of aryl methyl sites for hydroxylation is 1. The van der Waals surface area contributed by atoms with Gasteiger partial charge in [-0.3, -0.25) is 0 Å². The molecule has 0 bridgehead atoms. The van der Waals surface area contributed by atoms with Crippen LogP contribution in [-0.2, 0) is 31.5 Å². The molecule has 0 fully saturated rings. The van der Waals surface area contributed by atoms with Crippen molar-refractivity contribution in [3.63, 3.8) is 0 Å². The number of hydrogen-bond acceptors (Lipinski definition) is 6. The number of rotatable bonds is 8. The number of nitrogens with one attached hydrogen (secondary N) is 1. The van der Waals surface area contributed by atoms with Crippen molar-refractivity contribution < 1.29 is 23.3 Å². The summed E-state index contributed by atoms with van der Waals surface area (Å²) in [6.45, 7) is 8.07. The molecule has 1 unspecified atom stereocenters. The van der Waals surface area contributed by atoms with Crippen LogP contribution in [-0.4, -0.2) is 29.9 Å². The van der Waals surface area contributed by atoms with Gasteiger partial charge >= 0.3 is 11.9 Å². The van der Waals surface area contributed by atoms with Gasteiger partial charge in [0.2, 0.25) is 0 Å². The predicted octanol–water partition coefficient (Wildman–Crippen LogP) is 4.69. The van der Waals surface area contributed by atoms with Gasteiger partial charge in [-0.15, -0.1) is 0 Å². The molecule has 1 atom stereocenters. The first kappa shape index (κ1) is 25.1. The van der Waals surface area contributed by atoms with Crippen molar-refractivity contribution in [1.82, 2.24) is 0 Å². The van der Waals surface area contributed by atoms with Crippen molar-refractivity contribution in [3.05, 3.63) is 70.8 Å². The van der Waals surface area contributed by atoms with E-state index in [2.05, 4.69) is 5.32 Å². The van der Waals surface area contributed by atoms with E-state index in [-0.39, 0.29) is 4.91 Å². The number of esters is 2. The van der Waals surface area contributed by atoms with Crippen LogP contribution in [0.1, 0.15) is 43.6 Å². The third kappa shape index (κ3) is 7.15. The van der Waals surface area contributed by atoms with Crippen LogP contribution in [0.3, 0.4) is 0 Å². The highest BCUT2D eigenvalue weighted by Gasteiger charge is 2.19. The molecule has 0 amide bonds. The van der Waals surface area contributed by atoms with Gasteiger partial charge < -0.3 is 14.8 Å². The van der Waals surface area contributed by atoms with Crippen LogP contribution >= 0.6 is 0 Å². The third-order valence-corrected chi connectivity index (χ3v) is 5.28. The van der Waals surface area contributed by atoms with E-state index in [4.69, 9.17) is 9.47 Å². The molecule has 0 heterocycles. The highest BCUT2D eigenvalue weighted by atomic mass is 32.2. The maximum Gasteiger partial charge on any atom is 0.348 e. The lowest BCUT2D eigenvalue weighted by molar-refractivity contribution is -0.135. The Balaban J connectivity index is 0.00000218. The largest absolute Gasteiger partial charge is 0.465 e. The second-order valence-corrected chi connectivity index (χ2v) is 7.16. The standard InChI is InChI=1S/C21H23NO5S.C2H6/c1-4-15-6-12-18(13-7-15)28(25)19(21(24)26-3)14-22-17-10-8-16(9-11-17)20(23)27-5-2;1-2/h6-14,22H,4-5H2,1-3H3;1-2H3/b19-14+;. The molecule has 0 saturated heterocycles. The summed E-state index contributed by atoms with van der Waals surface area (Å²) < 4.78 is 22.5. The van der Waals surface area contributed by atoms with Crippen LogP contribution in [0.15, 0.2) is 64.5 Å². The lowest BCUT2D eigenvalue weighted by Gasteiger charge is -2.08. The van der Waals surface area contributed by atoms with Crippen LogP contribution in [0.2, 0.25) is 0 Å². The van der Waals surface area contributed by atoms with Crippen molar-refractivity contribution in [3.8, 4) is 0 Å². The zero-order valence-corrected chi connectivity index (χ0v) is 18.9. The quantitative estimate of drug-likeness (QED) is 0.482. The molecule has 6 nitrogen and oxygen atoms in total. The Kier molecular flexibility index (Phi) is 11.1. The van der Waals surface area contributed by atoms with Crippen LogP contribution in [0.4, 0.5) is 5.69 Å². The van der Waals surface area contributed by atoms with E-state index in [1.54, 1.807) is 43.3 Å². The van der Waals surface area contributed by atoms with Gasteiger partial charge in [0, 0.05) is 16.8 Å². The number of carbonyl (C=O) groups excluding carboxylic acids is 2.